The van der Waals surface area contributed by atoms with Gasteiger partial charge in [0, 0.05) is 24.7 Å². The molecule has 4 heteroatoms. The first kappa shape index (κ1) is 14.8. The van der Waals surface area contributed by atoms with E-state index in [1.165, 1.54) is 0 Å². The molecule has 0 fully saturated rings. The van der Waals surface area contributed by atoms with E-state index in [4.69, 9.17) is 0 Å². The second-order valence-corrected chi connectivity index (χ2v) is 4.95. The van der Waals surface area contributed by atoms with Gasteiger partial charge in [0.25, 0.3) is 5.56 Å². The van der Waals surface area contributed by atoms with E-state index >= 15 is 0 Å². The summed E-state index contributed by atoms with van der Waals surface area (Å²) in [4.78, 5) is 12.5. The molecule has 0 saturated heterocycles. The van der Waals surface area contributed by atoms with Gasteiger partial charge in [0.15, 0.2) is 0 Å². The number of pyridine rings is 1. The molecule has 0 amide bonds. The molecule has 20 heavy (non-hydrogen) atoms. The Balaban J connectivity index is 2.39. The van der Waals surface area contributed by atoms with Crippen molar-refractivity contribution < 1.29 is 5.11 Å². The molecule has 1 atom stereocenters. The molecule has 2 rings (SSSR count). The van der Waals surface area contributed by atoms with Crippen molar-refractivity contribution >= 4 is 10.9 Å². The lowest BCUT2D eigenvalue weighted by atomic mass is 10.1. The van der Waals surface area contributed by atoms with Crippen molar-refractivity contribution in [2.75, 3.05) is 6.61 Å². The Morgan fingerprint density at radius 2 is 2.05 bits per heavy atom. The maximum atomic E-state index is 12.5. The van der Waals surface area contributed by atoms with E-state index in [2.05, 4.69) is 5.32 Å². The van der Waals surface area contributed by atoms with Crippen LogP contribution in [0.1, 0.15) is 25.8 Å². The van der Waals surface area contributed by atoms with Gasteiger partial charge in [-0.2, -0.15) is 0 Å². The molecule has 1 heterocycles. The molecule has 0 aliphatic carbocycles. The Kier molecular flexibility index (Phi) is 4.93. The van der Waals surface area contributed by atoms with E-state index in [9.17, 15) is 9.90 Å². The van der Waals surface area contributed by atoms with Crippen LogP contribution in [0.2, 0.25) is 0 Å². The molecule has 0 unspecified atom stereocenters. The number of para-hydroxylation sites is 1. The molecule has 4 nitrogen and oxygen atoms in total. The van der Waals surface area contributed by atoms with Gasteiger partial charge in [-0.25, -0.2) is 0 Å². The normalized spacial score (nSPS) is 12.8. The fourth-order valence-electron chi connectivity index (χ4n) is 2.42. The quantitative estimate of drug-likeness (QED) is 0.845. The molecule has 0 spiro atoms. The minimum atomic E-state index is 0.0379. The first-order chi connectivity index (χ1) is 9.71. The number of aliphatic hydroxyl groups is 1. The lowest BCUT2D eigenvalue weighted by Crippen LogP contribution is -2.34. The standard InChI is InChI=1S/C16H22N2O2/c1-3-14(11-19)17-10-13-9-12-7-5-6-8-15(12)18(4-2)16(13)20/h5-9,14,17,19H,3-4,10-11H2,1-2H3/t14-/m1/s1. The van der Waals surface area contributed by atoms with Crippen LogP contribution in [0.5, 0.6) is 0 Å². The molecule has 0 bridgehead atoms. The van der Waals surface area contributed by atoms with Gasteiger partial charge in [-0.05, 0) is 30.9 Å². The summed E-state index contributed by atoms with van der Waals surface area (Å²) >= 11 is 0. The third-order valence-corrected chi connectivity index (χ3v) is 3.69. The maximum absolute atomic E-state index is 12.5. The third kappa shape index (κ3) is 2.92. The number of aliphatic hydroxyl groups excluding tert-OH is 1. The number of nitrogens with one attached hydrogen (secondary N) is 1. The van der Waals surface area contributed by atoms with E-state index < -0.39 is 0 Å². The van der Waals surface area contributed by atoms with Crippen molar-refractivity contribution in [3.8, 4) is 0 Å². The lowest BCUT2D eigenvalue weighted by Gasteiger charge is -2.15. The van der Waals surface area contributed by atoms with E-state index in [1.807, 2.05) is 44.2 Å². The number of hydrogen-bond donors (Lipinski definition) is 2. The fraction of sp³-hybridized carbons (Fsp3) is 0.438. The summed E-state index contributed by atoms with van der Waals surface area (Å²) < 4.78 is 1.80. The van der Waals surface area contributed by atoms with Crippen molar-refractivity contribution in [2.45, 2.75) is 39.4 Å². The number of fused-ring (bicyclic) bond motifs is 1. The average Bonchev–Trinajstić information content (AvgIpc) is 2.48. The highest BCUT2D eigenvalue weighted by Gasteiger charge is 2.10. The van der Waals surface area contributed by atoms with Crippen LogP contribution >= 0.6 is 0 Å². The summed E-state index contributed by atoms with van der Waals surface area (Å²) in [7, 11) is 0. The third-order valence-electron chi connectivity index (χ3n) is 3.69. The molecule has 1 aromatic heterocycles. The van der Waals surface area contributed by atoms with Gasteiger partial charge in [0.2, 0.25) is 0 Å². The summed E-state index contributed by atoms with van der Waals surface area (Å²) in [6.07, 6.45) is 0.839. The van der Waals surface area contributed by atoms with Crippen LogP contribution in [0.3, 0.4) is 0 Å². The number of aromatic nitrogens is 1. The van der Waals surface area contributed by atoms with Crippen molar-refractivity contribution in [1.29, 1.82) is 0 Å². The maximum Gasteiger partial charge on any atom is 0.255 e. The Morgan fingerprint density at radius 1 is 1.30 bits per heavy atom. The summed E-state index contributed by atoms with van der Waals surface area (Å²) in [5.74, 6) is 0. The zero-order valence-electron chi connectivity index (χ0n) is 12.1. The van der Waals surface area contributed by atoms with Gasteiger partial charge >= 0.3 is 0 Å². The summed E-state index contributed by atoms with van der Waals surface area (Å²) in [6, 6.07) is 9.91. The Bertz CT molecular complexity index is 630. The molecular formula is C16H22N2O2. The second-order valence-electron chi connectivity index (χ2n) is 4.95. The van der Waals surface area contributed by atoms with Crippen molar-refractivity contribution in [3.63, 3.8) is 0 Å². The number of aryl methyl sites for hydroxylation is 1. The zero-order valence-corrected chi connectivity index (χ0v) is 12.1. The molecule has 0 radical (unpaired) electrons. The van der Waals surface area contributed by atoms with Crippen LogP contribution < -0.4 is 10.9 Å². The largest absolute Gasteiger partial charge is 0.395 e. The highest BCUT2D eigenvalue weighted by molar-refractivity contribution is 5.79. The topological polar surface area (TPSA) is 54.3 Å². The Labute approximate surface area is 119 Å². The van der Waals surface area contributed by atoms with Crippen LogP contribution in [0, 0.1) is 0 Å². The predicted octanol–water partition coefficient (Wildman–Crippen LogP) is 1.88. The van der Waals surface area contributed by atoms with Crippen molar-refractivity contribution in [3.05, 3.63) is 46.2 Å². The summed E-state index contributed by atoms with van der Waals surface area (Å²) in [5.41, 5.74) is 1.77. The number of benzene rings is 1. The van der Waals surface area contributed by atoms with E-state index in [0.717, 1.165) is 22.9 Å². The van der Waals surface area contributed by atoms with E-state index in [-0.39, 0.29) is 18.2 Å². The number of hydrogen-bond acceptors (Lipinski definition) is 3. The summed E-state index contributed by atoms with van der Waals surface area (Å²) in [6.45, 7) is 5.23. The van der Waals surface area contributed by atoms with Gasteiger partial charge in [0.05, 0.1) is 12.1 Å². The van der Waals surface area contributed by atoms with Gasteiger partial charge < -0.3 is 15.0 Å². The zero-order chi connectivity index (χ0) is 14.5. The minimum absolute atomic E-state index is 0.0379. The smallest absolute Gasteiger partial charge is 0.255 e. The first-order valence-electron chi connectivity index (χ1n) is 7.16. The molecule has 0 aliphatic rings. The second kappa shape index (κ2) is 6.68. The average molecular weight is 274 g/mol. The molecule has 2 N–H and O–H groups in total. The van der Waals surface area contributed by atoms with E-state index in [1.54, 1.807) is 4.57 Å². The predicted molar refractivity (Wildman–Crippen MR) is 81.9 cm³/mol. The van der Waals surface area contributed by atoms with Crippen LogP contribution in [0.25, 0.3) is 10.9 Å². The first-order valence-corrected chi connectivity index (χ1v) is 7.16. The van der Waals surface area contributed by atoms with Gasteiger partial charge in [-0.15, -0.1) is 0 Å². The fourth-order valence-corrected chi connectivity index (χ4v) is 2.42. The van der Waals surface area contributed by atoms with Gasteiger partial charge in [0.1, 0.15) is 0 Å². The van der Waals surface area contributed by atoms with Crippen LogP contribution in [0.4, 0.5) is 0 Å². The summed E-state index contributed by atoms with van der Waals surface area (Å²) in [5, 5.41) is 13.5. The number of rotatable bonds is 6. The highest BCUT2D eigenvalue weighted by Crippen LogP contribution is 2.13. The SMILES string of the molecule is CC[C@H](CO)NCc1cc2ccccc2n(CC)c1=O. The minimum Gasteiger partial charge on any atom is -0.395 e. The van der Waals surface area contributed by atoms with Gasteiger partial charge in [-0.1, -0.05) is 25.1 Å². The van der Waals surface area contributed by atoms with Crippen LogP contribution in [-0.2, 0) is 13.1 Å². The molecule has 108 valence electrons. The van der Waals surface area contributed by atoms with Crippen molar-refractivity contribution in [2.24, 2.45) is 0 Å². The Morgan fingerprint density at radius 3 is 2.70 bits per heavy atom. The Hall–Kier alpha value is -1.65. The molecule has 0 aliphatic heterocycles. The molecule has 0 saturated carbocycles. The number of nitrogens with zero attached hydrogens (tertiary/aromatic N) is 1. The van der Waals surface area contributed by atoms with E-state index in [0.29, 0.717) is 13.1 Å². The lowest BCUT2D eigenvalue weighted by molar-refractivity contribution is 0.238. The van der Waals surface area contributed by atoms with Crippen molar-refractivity contribution in [1.82, 2.24) is 9.88 Å². The van der Waals surface area contributed by atoms with Gasteiger partial charge in [-0.3, -0.25) is 4.79 Å². The van der Waals surface area contributed by atoms with Crippen LogP contribution in [0.15, 0.2) is 35.1 Å². The monoisotopic (exact) mass is 274 g/mol. The van der Waals surface area contributed by atoms with Crippen LogP contribution in [-0.4, -0.2) is 22.3 Å². The molecule has 2 aromatic rings. The highest BCUT2D eigenvalue weighted by atomic mass is 16.3. The molecule has 1 aromatic carbocycles. The molecular weight excluding hydrogens is 252 g/mol.